The molecular weight excluding hydrogens is 328 g/mol. The van der Waals surface area contributed by atoms with E-state index in [9.17, 15) is 20.0 Å². The number of hydrogen-bond donors (Lipinski definition) is 1. The molecule has 1 saturated heterocycles. The maximum Gasteiger partial charge on any atom is 0.271 e. The van der Waals surface area contributed by atoms with Gasteiger partial charge in [0.1, 0.15) is 0 Å². The number of carbonyl (C=O) groups excluding carboxylic acids is 1. The van der Waals surface area contributed by atoms with Crippen LogP contribution in [0.4, 0.5) is 5.69 Å². The molecule has 0 aromatic heterocycles. The van der Waals surface area contributed by atoms with Crippen molar-refractivity contribution < 1.29 is 14.8 Å². The highest BCUT2D eigenvalue weighted by atomic mass is 79.9. The number of benzene rings is 1. The van der Waals surface area contributed by atoms with Gasteiger partial charge in [0.15, 0.2) is 0 Å². The molecular formula is C13H15BrN2O4. The van der Waals surface area contributed by atoms with Crippen LogP contribution in [0.1, 0.15) is 30.1 Å². The van der Waals surface area contributed by atoms with Crippen LogP contribution >= 0.6 is 15.9 Å². The van der Waals surface area contributed by atoms with Gasteiger partial charge in [0.05, 0.1) is 10.5 Å². The number of aliphatic hydroxyl groups is 1. The fraction of sp³-hybridized carbons (Fsp3) is 0.462. The van der Waals surface area contributed by atoms with Gasteiger partial charge < -0.3 is 10.0 Å². The van der Waals surface area contributed by atoms with E-state index >= 15 is 0 Å². The summed E-state index contributed by atoms with van der Waals surface area (Å²) in [6.07, 6.45) is 1.02. The molecule has 108 valence electrons. The molecule has 6 nitrogen and oxygen atoms in total. The Bertz CT molecular complexity index is 549. The van der Waals surface area contributed by atoms with Crippen LogP contribution in [0.5, 0.6) is 0 Å². The van der Waals surface area contributed by atoms with Gasteiger partial charge in [-0.3, -0.25) is 14.9 Å². The van der Waals surface area contributed by atoms with Crippen LogP contribution in [0.15, 0.2) is 22.7 Å². The van der Waals surface area contributed by atoms with Crippen molar-refractivity contribution in [1.29, 1.82) is 0 Å². The minimum absolute atomic E-state index is 0.119. The van der Waals surface area contributed by atoms with Gasteiger partial charge in [-0.25, -0.2) is 0 Å². The number of rotatable bonds is 2. The van der Waals surface area contributed by atoms with Crippen LogP contribution in [0.3, 0.4) is 0 Å². The second-order valence-electron chi connectivity index (χ2n) is 5.24. The Morgan fingerprint density at radius 2 is 2.00 bits per heavy atom. The molecule has 1 aromatic carbocycles. The van der Waals surface area contributed by atoms with Crippen LogP contribution < -0.4 is 0 Å². The number of piperidine rings is 1. The molecule has 1 aliphatic heterocycles. The van der Waals surface area contributed by atoms with Crippen molar-refractivity contribution in [2.24, 2.45) is 0 Å². The number of halogens is 1. The molecule has 1 fully saturated rings. The second kappa shape index (κ2) is 5.49. The third kappa shape index (κ3) is 3.34. The zero-order valence-corrected chi connectivity index (χ0v) is 12.6. The predicted octanol–water partition coefficient (Wildman–Crippen LogP) is 2.34. The lowest BCUT2D eigenvalue weighted by Crippen LogP contribution is -2.45. The predicted molar refractivity (Wildman–Crippen MR) is 76.6 cm³/mol. The van der Waals surface area contributed by atoms with E-state index < -0.39 is 10.5 Å². The summed E-state index contributed by atoms with van der Waals surface area (Å²) in [6.45, 7) is 2.65. The molecule has 7 heteroatoms. The van der Waals surface area contributed by atoms with E-state index in [0.29, 0.717) is 30.4 Å². The fourth-order valence-electron chi connectivity index (χ4n) is 2.18. The lowest BCUT2D eigenvalue weighted by Gasteiger charge is -2.35. The van der Waals surface area contributed by atoms with E-state index in [1.165, 1.54) is 12.1 Å². The highest BCUT2D eigenvalue weighted by Crippen LogP contribution is 2.25. The van der Waals surface area contributed by atoms with E-state index in [1.807, 2.05) is 0 Å². The van der Waals surface area contributed by atoms with Gasteiger partial charge in [0, 0.05) is 35.3 Å². The summed E-state index contributed by atoms with van der Waals surface area (Å²) in [5.74, 6) is -0.245. The number of nitro benzene ring substituents is 1. The van der Waals surface area contributed by atoms with Crippen LogP contribution in [-0.4, -0.2) is 39.5 Å². The number of carbonyl (C=O) groups is 1. The first kappa shape index (κ1) is 14.9. The number of hydrogen-bond acceptors (Lipinski definition) is 4. The Labute approximate surface area is 124 Å². The Morgan fingerprint density at radius 1 is 1.40 bits per heavy atom. The van der Waals surface area contributed by atoms with Crippen molar-refractivity contribution >= 4 is 27.5 Å². The topological polar surface area (TPSA) is 83.7 Å². The second-order valence-corrected chi connectivity index (χ2v) is 6.16. The molecule has 20 heavy (non-hydrogen) atoms. The van der Waals surface area contributed by atoms with Crippen molar-refractivity contribution in [2.75, 3.05) is 13.1 Å². The lowest BCUT2D eigenvalue weighted by molar-refractivity contribution is -0.385. The summed E-state index contributed by atoms with van der Waals surface area (Å²) in [6, 6.07) is 4.21. The first-order chi connectivity index (χ1) is 9.28. The molecule has 2 rings (SSSR count). The SMILES string of the molecule is CC1(O)CCN(C(=O)c2cc(Br)cc([N+](=O)[O-])c2)CC1. The minimum atomic E-state index is -0.736. The monoisotopic (exact) mass is 342 g/mol. The highest BCUT2D eigenvalue weighted by molar-refractivity contribution is 9.10. The number of nitrogens with zero attached hydrogens (tertiary/aromatic N) is 2. The Hall–Kier alpha value is -1.47. The minimum Gasteiger partial charge on any atom is -0.390 e. The van der Waals surface area contributed by atoms with E-state index in [2.05, 4.69) is 15.9 Å². The Kier molecular flexibility index (Phi) is 4.10. The average molecular weight is 343 g/mol. The number of nitro groups is 1. The van der Waals surface area contributed by atoms with E-state index in [4.69, 9.17) is 0 Å². The third-order valence-corrected chi connectivity index (χ3v) is 3.93. The smallest absolute Gasteiger partial charge is 0.271 e. The molecule has 0 atom stereocenters. The Balaban J connectivity index is 2.19. The van der Waals surface area contributed by atoms with Crippen LogP contribution in [0, 0.1) is 10.1 Å². The number of likely N-dealkylation sites (tertiary alicyclic amines) is 1. The van der Waals surface area contributed by atoms with Gasteiger partial charge in [-0.05, 0) is 25.8 Å². The zero-order valence-electron chi connectivity index (χ0n) is 11.0. The maximum absolute atomic E-state index is 12.3. The molecule has 0 radical (unpaired) electrons. The van der Waals surface area contributed by atoms with Crippen molar-refractivity contribution in [3.63, 3.8) is 0 Å². The van der Waals surface area contributed by atoms with Crippen molar-refractivity contribution in [2.45, 2.75) is 25.4 Å². The van der Waals surface area contributed by atoms with Gasteiger partial charge >= 0.3 is 0 Å². The van der Waals surface area contributed by atoms with Crippen LogP contribution in [-0.2, 0) is 0 Å². The third-order valence-electron chi connectivity index (χ3n) is 3.47. The van der Waals surface area contributed by atoms with Crippen molar-refractivity contribution in [3.8, 4) is 0 Å². The summed E-state index contributed by atoms with van der Waals surface area (Å²) in [5.41, 5.74) is -0.570. The molecule has 0 unspecified atom stereocenters. The molecule has 1 aromatic rings. The maximum atomic E-state index is 12.3. The highest BCUT2D eigenvalue weighted by Gasteiger charge is 2.30. The summed E-state index contributed by atoms with van der Waals surface area (Å²) >= 11 is 3.18. The van der Waals surface area contributed by atoms with Crippen molar-refractivity contribution in [3.05, 3.63) is 38.3 Å². The van der Waals surface area contributed by atoms with Gasteiger partial charge in [-0.15, -0.1) is 0 Å². The quantitative estimate of drug-likeness (QED) is 0.660. The van der Waals surface area contributed by atoms with Gasteiger partial charge in [-0.1, -0.05) is 15.9 Å². The summed E-state index contributed by atoms with van der Waals surface area (Å²) in [7, 11) is 0. The number of amides is 1. The zero-order chi connectivity index (χ0) is 14.9. The molecule has 1 aliphatic rings. The van der Waals surface area contributed by atoms with Gasteiger partial charge in [0.2, 0.25) is 0 Å². The van der Waals surface area contributed by atoms with Crippen LogP contribution in [0.25, 0.3) is 0 Å². The van der Waals surface area contributed by atoms with Gasteiger partial charge in [-0.2, -0.15) is 0 Å². The summed E-state index contributed by atoms with van der Waals surface area (Å²) in [5, 5.41) is 20.7. The van der Waals surface area contributed by atoms with E-state index in [-0.39, 0.29) is 17.2 Å². The molecule has 1 N–H and O–H groups in total. The fourth-order valence-corrected chi connectivity index (χ4v) is 2.66. The number of non-ortho nitro benzene ring substituents is 1. The van der Waals surface area contributed by atoms with Crippen LogP contribution in [0.2, 0.25) is 0 Å². The average Bonchev–Trinajstić information content (AvgIpc) is 2.37. The van der Waals surface area contributed by atoms with Gasteiger partial charge in [0.25, 0.3) is 11.6 Å². The van der Waals surface area contributed by atoms with E-state index in [1.54, 1.807) is 17.9 Å². The molecule has 1 heterocycles. The first-order valence-electron chi connectivity index (χ1n) is 6.25. The Morgan fingerprint density at radius 3 is 2.55 bits per heavy atom. The molecule has 1 amide bonds. The van der Waals surface area contributed by atoms with E-state index in [0.717, 1.165) is 0 Å². The normalized spacial score (nSPS) is 17.9. The van der Waals surface area contributed by atoms with Crippen molar-refractivity contribution in [1.82, 2.24) is 4.90 Å². The standard InChI is InChI=1S/C13H15BrN2O4/c1-13(18)2-4-15(5-3-13)12(17)9-6-10(14)8-11(7-9)16(19)20/h6-8,18H,2-5H2,1H3. The summed E-state index contributed by atoms with van der Waals surface area (Å²) < 4.78 is 0.499. The molecule has 0 aliphatic carbocycles. The molecule has 0 spiro atoms. The molecule has 0 bridgehead atoms. The molecule has 0 saturated carbocycles. The largest absolute Gasteiger partial charge is 0.390 e. The lowest BCUT2D eigenvalue weighted by atomic mass is 9.93. The summed E-state index contributed by atoms with van der Waals surface area (Å²) in [4.78, 5) is 24.2. The first-order valence-corrected chi connectivity index (χ1v) is 7.04.